The van der Waals surface area contributed by atoms with Crippen molar-refractivity contribution in [3.8, 4) is 0 Å². The summed E-state index contributed by atoms with van der Waals surface area (Å²) in [6, 6.07) is 0.309. The van der Waals surface area contributed by atoms with Gasteiger partial charge in [-0.3, -0.25) is 0 Å². The molecule has 1 atom stereocenters. The lowest BCUT2D eigenvalue weighted by molar-refractivity contribution is 0.294. The van der Waals surface area contributed by atoms with Gasteiger partial charge in [-0.25, -0.2) is 15.8 Å². The monoisotopic (exact) mass is 294 g/mol. The maximum Gasteiger partial charge on any atom is 0.148 e. The Labute approximate surface area is 128 Å². The van der Waals surface area contributed by atoms with Gasteiger partial charge in [0.2, 0.25) is 0 Å². The first-order valence-corrected chi connectivity index (χ1v) is 7.76. The normalized spacial score (nSPS) is 12.8. The molecule has 1 rings (SSSR count). The summed E-state index contributed by atoms with van der Waals surface area (Å²) in [7, 11) is 0. The van der Waals surface area contributed by atoms with E-state index >= 15 is 0 Å². The molecular formula is C15H30N6. The van der Waals surface area contributed by atoms with E-state index in [4.69, 9.17) is 5.84 Å². The van der Waals surface area contributed by atoms with E-state index in [0.29, 0.717) is 11.9 Å². The van der Waals surface area contributed by atoms with Crippen LogP contribution >= 0.6 is 0 Å². The summed E-state index contributed by atoms with van der Waals surface area (Å²) in [6.07, 6.45) is 0. The van der Waals surface area contributed by atoms with Gasteiger partial charge in [0.1, 0.15) is 17.5 Å². The third kappa shape index (κ3) is 4.82. The Bertz CT molecular complexity index is 442. The first-order chi connectivity index (χ1) is 9.92. The Morgan fingerprint density at radius 1 is 1.10 bits per heavy atom. The number of rotatable bonds is 8. The lowest BCUT2D eigenvalue weighted by Crippen LogP contribution is -2.35. The summed E-state index contributed by atoms with van der Waals surface area (Å²) in [5, 5.41) is 3.49. The Morgan fingerprint density at radius 2 is 1.67 bits per heavy atom. The number of nitrogen functional groups attached to an aromatic ring is 1. The van der Waals surface area contributed by atoms with E-state index in [1.165, 1.54) is 0 Å². The predicted molar refractivity (Wildman–Crippen MR) is 89.5 cm³/mol. The number of hydrazine groups is 1. The van der Waals surface area contributed by atoms with Crippen LogP contribution in [-0.4, -0.2) is 40.5 Å². The Morgan fingerprint density at radius 3 is 2.14 bits per heavy atom. The summed E-state index contributed by atoms with van der Waals surface area (Å²) < 4.78 is 0. The molecule has 0 saturated carbocycles. The average molecular weight is 294 g/mol. The fourth-order valence-electron chi connectivity index (χ4n) is 2.22. The zero-order valence-corrected chi connectivity index (χ0v) is 14.2. The van der Waals surface area contributed by atoms with Crippen LogP contribution in [0.4, 0.5) is 11.6 Å². The van der Waals surface area contributed by atoms with Crippen LogP contribution in [0.25, 0.3) is 0 Å². The first-order valence-electron chi connectivity index (χ1n) is 7.76. The molecule has 4 N–H and O–H groups in total. The van der Waals surface area contributed by atoms with E-state index in [2.05, 4.69) is 60.2 Å². The van der Waals surface area contributed by atoms with Gasteiger partial charge in [0.05, 0.1) is 0 Å². The molecule has 0 aromatic carbocycles. The van der Waals surface area contributed by atoms with Crippen LogP contribution in [-0.2, 0) is 0 Å². The van der Waals surface area contributed by atoms with Gasteiger partial charge in [-0.2, -0.15) is 0 Å². The molecule has 0 radical (unpaired) electrons. The van der Waals surface area contributed by atoms with Gasteiger partial charge < -0.3 is 15.6 Å². The summed E-state index contributed by atoms with van der Waals surface area (Å²) in [6.45, 7) is 15.8. The molecule has 120 valence electrons. The number of aromatic nitrogens is 2. The van der Waals surface area contributed by atoms with E-state index < -0.39 is 0 Å². The zero-order valence-electron chi connectivity index (χ0n) is 14.2. The number of hydrogen-bond donors (Lipinski definition) is 3. The molecule has 1 heterocycles. The molecule has 1 aromatic heterocycles. The predicted octanol–water partition coefficient (Wildman–Crippen LogP) is 2.34. The van der Waals surface area contributed by atoms with Crippen LogP contribution in [0.3, 0.4) is 0 Å². The molecule has 0 aliphatic rings. The van der Waals surface area contributed by atoms with Crippen molar-refractivity contribution in [2.45, 2.75) is 53.5 Å². The van der Waals surface area contributed by atoms with Crippen molar-refractivity contribution in [1.29, 1.82) is 0 Å². The SMILES string of the molecule is CCN(CC)CC(C)Nc1nc(C(C)C)nc(NN)c1C. The van der Waals surface area contributed by atoms with Crippen LogP contribution in [0.5, 0.6) is 0 Å². The van der Waals surface area contributed by atoms with Crippen molar-refractivity contribution in [1.82, 2.24) is 14.9 Å². The number of nitrogens with two attached hydrogens (primary N) is 1. The third-order valence-electron chi connectivity index (χ3n) is 3.63. The topological polar surface area (TPSA) is 79.1 Å². The van der Waals surface area contributed by atoms with Gasteiger partial charge in [-0.1, -0.05) is 27.7 Å². The van der Waals surface area contributed by atoms with E-state index in [0.717, 1.165) is 36.8 Å². The fraction of sp³-hybridized carbons (Fsp3) is 0.733. The minimum absolute atomic E-state index is 0.260. The van der Waals surface area contributed by atoms with E-state index in [1.54, 1.807) is 0 Å². The molecule has 0 amide bonds. The molecule has 6 nitrogen and oxygen atoms in total. The minimum atomic E-state index is 0.260. The molecule has 1 unspecified atom stereocenters. The van der Waals surface area contributed by atoms with Gasteiger partial charge in [0.25, 0.3) is 0 Å². The quantitative estimate of drug-likeness (QED) is 0.504. The first kappa shape index (κ1) is 17.7. The number of hydrogen-bond acceptors (Lipinski definition) is 6. The summed E-state index contributed by atoms with van der Waals surface area (Å²) >= 11 is 0. The van der Waals surface area contributed by atoms with E-state index in [1.807, 2.05) is 6.92 Å². The summed E-state index contributed by atoms with van der Waals surface area (Å²) in [4.78, 5) is 11.5. The maximum atomic E-state index is 5.57. The third-order valence-corrected chi connectivity index (χ3v) is 3.63. The van der Waals surface area contributed by atoms with Crippen molar-refractivity contribution < 1.29 is 0 Å². The molecular weight excluding hydrogens is 264 g/mol. The zero-order chi connectivity index (χ0) is 16.0. The minimum Gasteiger partial charge on any atom is -0.366 e. The molecule has 0 bridgehead atoms. The molecule has 0 saturated heterocycles. The highest BCUT2D eigenvalue weighted by atomic mass is 15.3. The van der Waals surface area contributed by atoms with Crippen molar-refractivity contribution in [2.75, 3.05) is 30.4 Å². The fourth-order valence-corrected chi connectivity index (χ4v) is 2.22. The largest absolute Gasteiger partial charge is 0.366 e. The van der Waals surface area contributed by atoms with Crippen molar-refractivity contribution >= 4 is 11.6 Å². The molecule has 0 aliphatic carbocycles. The second kappa shape index (κ2) is 8.14. The van der Waals surface area contributed by atoms with Gasteiger partial charge in [-0.05, 0) is 26.9 Å². The van der Waals surface area contributed by atoms with Gasteiger partial charge in [0.15, 0.2) is 0 Å². The lowest BCUT2D eigenvalue weighted by atomic mass is 10.2. The smallest absolute Gasteiger partial charge is 0.148 e. The van der Waals surface area contributed by atoms with Gasteiger partial charge >= 0.3 is 0 Å². The standard InChI is InChI=1S/C15H30N6/c1-7-21(8-2)9-11(5)17-14-12(6)15(20-16)19-13(18-14)10(3)4/h10-11H,7-9,16H2,1-6H3,(H2,17,18,19,20). The van der Waals surface area contributed by atoms with Gasteiger partial charge in [-0.15, -0.1) is 0 Å². The van der Waals surface area contributed by atoms with E-state index in [-0.39, 0.29) is 5.92 Å². The van der Waals surface area contributed by atoms with Crippen LogP contribution < -0.4 is 16.6 Å². The number of nitrogens with one attached hydrogen (secondary N) is 2. The molecule has 0 fully saturated rings. The van der Waals surface area contributed by atoms with Crippen LogP contribution in [0.15, 0.2) is 0 Å². The van der Waals surface area contributed by atoms with Gasteiger partial charge in [0, 0.05) is 24.1 Å². The number of anilines is 2. The number of nitrogens with zero attached hydrogens (tertiary/aromatic N) is 3. The molecule has 6 heteroatoms. The number of likely N-dealkylation sites (N-methyl/N-ethyl adjacent to an activating group) is 1. The van der Waals surface area contributed by atoms with E-state index in [9.17, 15) is 0 Å². The molecule has 0 spiro atoms. The molecule has 1 aromatic rings. The highest BCUT2D eigenvalue weighted by Crippen LogP contribution is 2.23. The lowest BCUT2D eigenvalue weighted by Gasteiger charge is -2.25. The Hall–Kier alpha value is -1.40. The molecule has 0 aliphatic heterocycles. The van der Waals surface area contributed by atoms with Crippen molar-refractivity contribution in [3.05, 3.63) is 11.4 Å². The second-order valence-electron chi connectivity index (χ2n) is 5.73. The average Bonchev–Trinajstić information content (AvgIpc) is 2.46. The summed E-state index contributed by atoms with van der Waals surface area (Å²) in [5.74, 6) is 8.17. The summed E-state index contributed by atoms with van der Waals surface area (Å²) in [5.41, 5.74) is 3.62. The molecule has 21 heavy (non-hydrogen) atoms. The highest BCUT2D eigenvalue weighted by molar-refractivity contribution is 5.57. The highest BCUT2D eigenvalue weighted by Gasteiger charge is 2.15. The van der Waals surface area contributed by atoms with Crippen LogP contribution in [0.1, 0.15) is 51.9 Å². The van der Waals surface area contributed by atoms with Crippen molar-refractivity contribution in [2.24, 2.45) is 5.84 Å². The Kier molecular flexibility index (Phi) is 6.84. The van der Waals surface area contributed by atoms with Crippen LogP contribution in [0, 0.1) is 6.92 Å². The maximum absolute atomic E-state index is 5.57. The van der Waals surface area contributed by atoms with Crippen LogP contribution in [0.2, 0.25) is 0 Å². The second-order valence-corrected chi connectivity index (χ2v) is 5.73. The Balaban J connectivity index is 2.93. The van der Waals surface area contributed by atoms with Crippen molar-refractivity contribution in [3.63, 3.8) is 0 Å².